The summed E-state index contributed by atoms with van der Waals surface area (Å²) in [7, 11) is 0. The third-order valence-corrected chi connectivity index (χ3v) is 5.87. The number of benzene rings is 3. The van der Waals surface area contributed by atoms with Crippen LogP contribution in [0.4, 0.5) is 18.9 Å². The predicted molar refractivity (Wildman–Crippen MR) is 134 cm³/mol. The SMILES string of the molecule is O=C(Cc1nccn1Cc1cc(F)c(F)c(F)c1)Nc1ccc(CCNCC(O)c2ccccc2)cc1. The monoisotopic (exact) mass is 508 g/mol. The number of carbonyl (C=O) groups is 1. The van der Waals surface area contributed by atoms with Gasteiger partial charge in [-0.1, -0.05) is 42.5 Å². The molecular weight excluding hydrogens is 481 g/mol. The van der Waals surface area contributed by atoms with Crippen LogP contribution >= 0.6 is 0 Å². The summed E-state index contributed by atoms with van der Waals surface area (Å²) >= 11 is 0. The smallest absolute Gasteiger partial charge is 0.231 e. The average Bonchev–Trinajstić information content (AvgIpc) is 3.32. The van der Waals surface area contributed by atoms with Gasteiger partial charge in [0.2, 0.25) is 5.91 Å². The van der Waals surface area contributed by atoms with E-state index in [9.17, 15) is 23.1 Å². The van der Waals surface area contributed by atoms with Crippen molar-refractivity contribution < 1.29 is 23.1 Å². The Bertz CT molecular complexity index is 1300. The quantitative estimate of drug-likeness (QED) is 0.207. The predicted octanol–water partition coefficient (Wildman–Crippen LogP) is 4.40. The summed E-state index contributed by atoms with van der Waals surface area (Å²) in [6, 6.07) is 18.8. The molecule has 0 radical (unpaired) electrons. The zero-order valence-electron chi connectivity index (χ0n) is 20.0. The molecule has 0 saturated carbocycles. The molecule has 1 aromatic heterocycles. The van der Waals surface area contributed by atoms with E-state index >= 15 is 0 Å². The minimum atomic E-state index is -1.52. The summed E-state index contributed by atoms with van der Waals surface area (Å²) < 4.78 is 41.8. The topological polar surface area (TPSA) is 79.2 Å². The fourth-order valence-corrected chi connectivity index (χ4v) is 3.92. The van der Waals surface area contributed by atoms with Gasteiger partial charge in [-0.25, -0.2) is 18.2 Å². The summed E-state index contributed by atoms with van der Waals surface area (Å²) in [6.07, 6.45) is 3.23. The molecule has 1 heterocycles. The Morgan fingerprint density at radius 2 is 1.68 bits per heavy atom. The van der Waals surface area contributed by atoms with E-state index in [0.29, 0.717) is 24.6 Å². The Hall–Kier alpha value is -3.95. The minimum absolute atomic E-state index is 0.0435. The fraction of sp³-hybridized carbons (Fsp3) is 0.214. The molecule has 9 heteroatoms. The molecular formula is C28H27F3N4O2. The first-order chi connectivity index (χ1) is 17.9. The summed E-state index contributed by atoms with van der Waals surface area (Å²) in [5.41, 5.74) is 2.79. The van der Waals surface area contributed by atoms with E-state index in [4.69, 9.17) is 0 Å². The van der Waals surface area contributed by atoms with E-state index < -0.39 is 23.6 Å². The summed E-state index contributed by atoms with van der Waals surface area (Å²) in [5, 5.41) is 16.3. The number of aliphatic hydroxyl groups is 1. The molecule has 6 nitrogen and oxygen atoms in total. The number of hydrogen-bond donors (Lipinski definition) is 3. The van der Waals surface area contributed by atoms with Crippen molar-refractivity contribution in [3.8, 4) is 0 Å². The average molecular weight is 509 g/mol. The van der Waals surface area contributed by atoms with Gasteiger partial charge in [-0.2, -0.15) is 0 Å². The molecule has 0 aliphatic heterocycles. The van der Waals surface area contributed by atoms with Gasteiger partial charge >= 0.3 is 0 Å². The van der Waals surface area contributed by atoms with Crippen molar-refractivity contribution >= 4 is 11.6 Å². The molecule has 1 unspecified atom stereocenters. The Kier molecular flexibility index (Phi) is 8.71. The Morgan fingerprint density at radius 3 is 2.38 bits per heavy atom. The summed E-state index contributed by atoms with van der Waals surface area (Å²) in [4.78, 5) is 16.7. The molecule has 0 bridgehead atoms. The number of rotatable bonds is 11. The lowest BCUT2D eigenvalue weighted by Crippen LogP contribution is -2.23. The molecule has 1 atom stereocenters. The first kappa shape index (κ1) is 26.1. The van der Waals surface area contributed by atoms with Crippen LogP contribution in [0.5, 0.6) is 0 Å². The highest BCUT2D eigenvalue weighted by atomic mass is 19.2. The number of aromatic nitrogens is 2. The molecule has 0 spiro atoms. The molecule has 3 N–H and O–H groups in total. The lowest BCUT2D eigenvalue weighted by atomic mass is 10.1. The van der Waals surface area contributed by atoms with E-state index in [1.165, 1.54) is 6.20 Å². The van der Waals surface area contributed by atoms with E-state index in [0.717, 1.165) is 29.7 Å². The maximum atomic E-state index is 13.5. The standard InChI is InChI=1S/C28H27F3N4O2/c29-23-14-20(15-24(30)28(23)31)18-35-13-12-33-26(35)16-27(37)34-22-8-6-19(7-9-22)10-11-32-17-25(36)21-4-2-1-3-5-21/h1-9,12-15,25,32,36H,10-11,16-18H2,(H,34,37). The molecule has 192 valence electrons. The van der Waals surface area contributed by atoms with Crippen molar-refractivity contribution in [1.82, 2.24) is 14.9 Å². The Balaban J connectivity index is 1.24. The van der Waals surface area contributed by atoms with Crippen LogP contribution < -0.4 is 10.6 Å². The van der Waals surface area contributed by atoms with Gasteiger partial charge in [0.15, 0.2) is 17.5 Å². The highest BCUT2D eigenvalue weighted by Crippen LogP contribution is 2.16. The molecule has 0 saturated heterocycles. The lowest BCUT2D eigenvalue weighted by molar-refractivity contribution is -0.115. The number of nitrogens with zero attached hydrogens (tertiary/aromatic N) is 2. The number of imidazole rings is 1. The van der Waals surface area contributed by atoms with Crippen LogP contribution in [0.3, 0.4) is 0 Å². The van der Waals surface area contributed by atoms with Crippen LogP contribution in [-0.4, -0.2) is 33.7 Å². The second-order valence-electron chi connectivity index (χ2n) is 8.65. The number of anilines is 1. The largest absolute Gasteiger partial charge is 0.387 e. The van der Waals surface area contributed by atoms with Crippen LogP contribution in [0.2, 0.25) is 0 Å². The van der Waals surface area contributed by atoms with Crippen molar-refractivity contribution in [3.63, 3.8) is 0 Å². The second-order valence-corrected chi connectivity index (χ2v) is 8.65. The normalized spacial score (nSPS) is 11.9. The number of aliphatic hydroxyl groups excluding tert-OH is 1. The van der Waals surface area contributed by atoms with E-state index in [1.807, 2.05) is 54.6 Å². The highest BCUT2D eigenvalue weighted by molar-refractivity contribution is 5.91. The Labute approximate surface area is 212 Å². The third-order valence-electron chi connectivity index (χ3n) is 5.87. The van der Waals surface area contributed by atoms with E-state index in [-0.39, 0.29) is 24.4 Å². The molecule has 37 heavy (non-hydrogen) atoms. The first-order valence-electron chi connectivity index (χ1n) is 11.8. The number of nitrogens with one attached hydrogen (secondary N) is 2. The molecule has 0 aliphatic rings. The maximum absolute atomic E-state index is 13.5. The lowest BCUT2D eigenvalue weighted by Gasteiger charge is -2.12. The van der Waals surface area contributed by atoms with Gasteiger partial charge in [-0.05, 0) is 53.9 Å². The van der Waals surface area contributed by atoms with Crippen molar-refractivity contribution in [2.75, 3.05) is 18.4 Å². The van der Waals surface area contributed by atoms with Crippen LogP contribution in [-0.2, 0) is 24.2 Å². The third kappa shape index (κ3) is 7.28. The zero-order valence-corrected chi connectivity index (χ0v) is 20.0. The van der Waals surface area contributed by atoms with Crippen LogP contribution in [0.25, 0.3) is 0 Å². The van der Waals surface area contributed by atoms with Crippen LogP contribution in [0.1, 0.15) is 28.6 Å². The number of hydrogen-bond acceptors (Lipinski definition) is 4. The van der Waals surface area contributed by atoms with Gasteiger partial charge in [0.25, 0.3) is 0 Å². The summed E-state index contributed by atoms with van der Waals surface area (Å²) in [5.74, 6) is -3.94. The van der Waals surface area contributed by atoms with Gasteiger partial charge in [-0.15, -0.1) is 0 Å². The van der Waals surface area contributed by atoms with Crippen molar-refractivity contribution in [2.24, 2.45) is 0 Å². The number of carbonyl (C=O) groups excluding carboxylic acids is 1. The molecule has 4 rings (SSSR count). The zero-order chi connectivity index (χ0) is 26.2. The van der Waals surface area contributed by atoms with Gasteiger partial charge in [-0.3, -0.25) is 4.79 Å². The summed E-state index contributed by atoms with van der Waals surface area (Å²) in [6.45, 7) is 1.20. The van der Waals surface area contributed by atoms with Gasteiger partial charge in [0.1, 0.15) is 5.82 Å². The number of halogens is 3. The van der Waals surface area contributed by atoms with E-state index in [1.54, 1.807) is 10.8 Å². The molecule has 0 aliphatic carbocycles. The molecule has 4 aromatic rings. The molecule has 1 amide bonds. The van der Waals surface area contributed by atoms with Gasteiger partial charge in [0.05, 0.1) is 12.5 Å². The van der Waals surface area contributed by atoms with Crippen molar-refractivity contribution in [1.29, 1.82) is 0 Å². The van der Waals surface area contributed by atoms with Crippen LogP contribution in [0, 0.1) is 17.5 Å². The first-order valence-corrected chi connectivity index (χ1v) is 11.8. The second kappa shape index (κ2) is 12.3. The van der Waals surface area contributed by atoms with Gasteiger partial charge < -0.3 is 20.3 Å². The molecule has 3 aromatic carbocycles. The Morgan fingerprint density at radius 1 is 0.973 bits per heavy atom. The van der Waals surface area contributed by atoms with Gasteiger partial charge in [0, 0.05) is 31.2 Å². The fourth-order valence-electron chi connectivity index (χ4n) is 3.92. The van der Waals surface area contributed by atoms with Crippen molar-refractivity contribution in [3.05, 3.63) is 119 Å². The highest BCUT2D eigenvalue weighted by Gasteiger charge is 2.14. The maximum Gasteiger partial charge on any atom is 0.231 e. The van der Waals surface area contributed by atoms with Crippen molar-refractivity contribution in [2.45, 2.75) is 25.5 Å². The number of amides is 1. The minimum Gasteiger partial charge on any atom is -0.387 e. The molecule has 0 fully saturated rings. The van der Waals surface area contributed by atoms with E-state index in [2.05, 4.69) is 15.6 Å². The van der Waals surface area contributed by atoms with Crippen LogP contribution in [0.15, 0.2) is 79.1 Å².